The van der Waals surface area contributed by atoms with Crippen LogP contribution in [0, 0.1) is 11.3 Å². The van der Waals surface area contributed by atoms with Gasteiger partial charge in [-0.1, -0.05) is 19.3 Å². The number of rotatable bonds is 6. The second-order valence-electron chi connectivity index (χ2n) is 9.05. The molecule has 0 unspecified atom stereocenters. The largest absolute Gasteiger partial charge is 0.402 e. The summed E-state index contributed by atoms with van der Waals surface area (Å²) in [5, 5.41) is 12.7. The van der Waals surface area contributed by atoms with Crippen molar-refractivity contribution in [1.82, 2.24) is 15.7 Å². The minimum atomic E-state index is 0.0448. The second kappa shape index (κ2) is 9.39. The van der Waals surface area contributed by atoms with Gasteiger partial charge in [0.05, 0.1) is 11.7 Å². The van der Waals surface area contributed by atoms with E-state index in [1.807, 2.05) is 6.92 Å². The van der Waals surface area contributed by atoms with Crippen LogP contribution in [0.25, 0.3) is 0 Å². The zero-order valence-electron chi connectivity index (χ0n) is 18.2. The Morgan fingerprint density at radius 3 is 2.70 bits per heavy atom. The predicted molar refractivity (Wildman–Crippen MR) is 118 cm³/mol. The molecule has 2 aliphatic heterocycles. The first kappa shape index (κ1) is 21.2. The molecule has 3 fully saturated rings. The Labute approximate surface area is 179 Å². The molecule has 2 heterocycles. The van der Waals surface area contributed by atoms with Gasteiger partial charge in [-0.2, -0.15) is 4.99 Å². The van der Waals surface area contributed by atoms with E-state index in [-0.39, 0.29) is 6.10 Å². The molecule has 4 aliphatic rings. The zero-order valence-corrected chi connectivity index (χ0v) is 18.2. The minimum absolute atomic E-state index is 0.0448. The molecular weight excluding hydrogens is 380 g/mol. The Morgan fingerprint density at radius 2 is 2.03 bits per heavy atom. The summed E-state index contributed by atoms with van der Waals surface area (Å²) in [5.74, 6) is 2.14. The van der Waals surface area contributed by atoms with Crippen molar-refractivity contribution in [3.8, 4) is 0 Å². The van der Waals surface area contributed by atoms with E-state index >= 15 is 0 Å². The number of hydrogen-bond acceptors (Lipinski definition) is 7. The lowest BCUT2D eigenvalue weighted by atomic mass is 9.92. The molecule has 166 valence electrons. The predicted octanol–water partition coefficient (Wildman–Crippen LogP) is 2.39. The highest BCUT2D eigenvalue weighted by Crippen LogP contribution is 2.33. The lowest BCUT2D eigenvalue weighted by Crippen LogP contribution is -2.57. The fraction of sp³-hybridized carbons (Fsp3) is 0.727. The van der Waals surface area contributed by atoms with Gasteiger partial charge in [0.25, 0.3) is 5.88 Å². The van der Waals surface area contributed by atoms with Crippen LogP contribution in [0.2, 0.25) is 0 Å². The summed E-state index contributed by atoms with van der Waals surface area (Å²) >= 11 is 0. The van der Waals surface area contributed by atoms with Crippen LogP contribution in [0.4, 0.5) is 0 Å². The fourth-order valence-corrected chi connectivity index (χ4v) is 4.65. The van der Waals surface area contributed by atoms with Crippen LogP contribution in [0.15, 0.2) is 28.2 Å². The SMILES string of the molecule is CO[C@H]1CN(C(=N)C(/C=C(/C)N)=C2N=C(C3CC3)NO2)CC[C@H]1NC1CCCCC1. The minimum Gasteiger partial charge on any atom is -0.402 e. The number of nitrogens with one attached hydrogen (secondary N) is 3. The lowest BCUT2D eigenvalue weighted by molar-refractivity contribution is 0.0203. The summed E-state index contributed by atoms with van der Waals surface area (Å²) in [4.78, 5) is 12.3. The van der Waals surface area contributed by atoms with Crippen molar-refractivity contribution < 1.29 is 9.57 Å². The van der Waals surface area contributed by atoms with Gasteiger partial charge in [-0.05, 0) is 45.1 Å². The number of piperidine rings is 1. The number of aliphatic imine (C=N–C) groups is 1. The molecule has 0 aromatic rings. The number of likely N-dealkylation sites (tertiary alicyclic amines) is 1. The maximum Gasteiger partial charge on any atom is 0.258 e. The molecule has 0 aromatic heterocycles. The third-order valence-corrected chi connectivity index (χ3v) is 6.53. The van der Waals surface area contributed by atoms with E-state index in [1.165, 1.54) is 32.1 Å². The third kappa shape index (κ3) is 4.98. The third-order valence-electron chi connectivity index (χ3n) is 6.53. The van der Waals surface area contributed by atoms with Gasteiger partial charge in [-0.25, -0.2) is 5.48 Å². The first-order valence-electron chi connectivity index (χ1n) is 11.4. The van der Waals surface area contributed by atoms with Crippen molar-refractivity contribution in [3.05, 3.63) is 23.2 Å². The van der Waals surface area contributed by atoms with Crippen LogP contribution in [0.1, 0.15) is 58.3 Å². The second-order valence-corrected chi connectivity index (χ2v) is 9.05. The first-order valence-corrected chi connectivity index (χ1v) is 11.4. The topological polar surface area (TPSA) is 108 Å². The Morgan fingerprint density at radius 1 is 1.27 bits per heavy atom. The van der Waals surface area contributed by atoms with E-state index in [0.717, 1.165) is 31.6 Å². The molecule has 0 spiro atoms. The number of allylic oxidation sites excluding steroid dienone is 1. The average molecular weight is 417 g/mol. The molecule has 8 nitrogen and oxygen atoms in total. The Balaban J connectivity index is 1.45. The van der Waals surface area contributed by atoms with Gasteiger partial charge in [-0.15, -0.1) is 0 Å². The van der Waals surface area contributed by atoms with E-state index in [2.05, 4.69) is 20.7 Å². The molecule has 0 aromatic carbocycles. The monoisotopic (exact) mass is 416 g/mol. The van der Waals surface area contributed by atoms with Crippen LogP contribution >= 0.6 is 0 Å². The molecule has 5 N–H and O–H groups in total. The summed E-state index contributed by atoms with van der Waals surface area (Å²) < 4.78 is 5.84. The molecule has 2 aliphatic carbocycles. The van der Waals surface area contributed by atoms with E-state index in [1.54, 1.807) is 13.2 Å². The molecule has 2 saturated carbocycles. The highest BCUT2D eigenvalue weighted by Gasteiger charge is 2.35. The molecule has 2 atom stereocenters. The van der Waals surface area contributed by atoms with Crippen LogP contribution in [0.5, 0.6) is 0 Å². The lowest BCUT2D eigenvalue weighted by Gasteiger charge is -2.41. The average Bonchev–Trinajstić information content (AvgIpc) is 3.49. The number of amidine groups is 2. The van der Waals surface area contributed by atoms with Gasteiger partial charge < -0.3 is 25.5 Å². The molecule has 1 saturated heterocycles. The maximum atomic E-state index is 8.89. The molecule has 30 heavy (non-hydrogen) atoms. The van der Waals surface area contributed by atoms with Crippen molar-refractivity contribution >= 4 is 11.7 Å². The van der Waals surface area contributed by atoms with Gasteiger partial charge in [-0.3, -0.25) is 5.41 Å². The van der Waals surface area contributed by atoms with Gasteiger partial charge in [0, 0.05) is 43.9 Å². The van der Waals surface area contributed by atoms with Gasteiger partial charge >= 0.3 is 0 Å². The molecule has 4 rings (SSSR count). The summed E-state index contributed by atoms with van der Waals surface area (Å²) in [6.45, 7) is 3.28. The first-order chi connectivity index (χ1) is 14.5. The van der Waals surface area contributed by atoms with Crippen LogP contribution in [0.3, 0.4) is 0 Å². The van der Waals surface area contributed by atoms with Crippen molar-refractivity contribution in [3.63, 3.8) is 0 Å². The standard InChI is InChI=1S/C22H36N6O2/c1-14(23)12-17(22-26-21(27-30-22)15-8-9-15)20(24)28-11-10-18(19(13-28)29-2)25-16-6-4-3-5-7-16/h12,15-16,18-19,24-25H,3-11,13,23H2,1-2H3,(H,26,27)/b14-12-,22-17?,24-20?/t18-,19+/m1/s1. The number of ether oxygens (including phenoxy) is 1. The zero-order chi connectivity index (χ0) is 21.1. The number of nitrogens with two attached hydrogens (primary N) is 1. The van der Waals surface area contributed by atoms with Crippen molar-refractivity contribution in [2.75, 3.05) is 20.2 Å². The molecule has 0 radical (unpaired) electrons. The quantitative estimate of drug-likeness (QED) is 0.391. The highest BCUT2D eigenvalue weighted by atomic mass is 16.7. The normalized spacial score (nSPS) is 29.9. The molecule has 0 amide bonds. The highest BCUT2D eigenvalue weighted by molar-refractivity contribution is 6.00. The van der Waals surface area contributed by atoms with Crippen LogP contribution < -0.4 is 16.5 Å². The summed E-state index contributed by atoms with van der Waals surface area (Å²) in [6, 6.07) is 0.926. The summed E-state index contributed by atoms with van der Waals surface area (Å²) in [5.41, 5.74) is 10.1. The van der Waals surface area contributed by atoms with Gasteiger partial charge in [0.1, 0.15) is 11.7 Å². The van der Waals surface area contributed by atoms with E-state index in [0.29, 0.717) is 47.5 Å². The number of methoxy groups -OCH3 is 1. The van der Waals surface area contributed by atoms with Crippen LogP contribution in [-0.2, 0) is 9.57 Å². The summed E-state index contributed by atoms with van der Waals surface area (Å²) in [6.07, 6.45) is 11.6. The molecule has 0 bridgehead atoms. The molecular formula is C22H36N6O2. The Kier molecular flexibility index (Phi) is 6.63. The number of nitrogens with zero attached hydrogens (tertiary/aromatic N) is 2. The fourth-order valence-electron chi connectivity index (χ4n) is 4.65. The maximum absolute atomic E-state index is 8.89. The Hall–Kier alpha value is -2.06. The van der Waals surface area contributed by atoms with Gasteiger partial charge in [0.15, 0.2) is 0 Å². The van der Waals surface area contributed by atoms with Crippen molar-refractivity contribution in [1.29, 1.82) is 5.41 Å². The van der Waals surface area contributed by atoms with Crippen LogP contribution in [-0.4, -0.2) is 55.0 Å². The van der Waals surface area contributed by atoms with E-state index in [9.17, 15) is 0 Å². The number of hydroxylamine groups is 1. The van der Waals surface area contributed by atoms with Gasteiger partial charge in [0.2, 0.25) is 0 Å². The Bertz CT molecular complexity index is 732. The van der Waals surface area contributed by atoms with Crippen molar-refractivity contribution in [2.45, 2.75) is 76.5 Å². The van der Waals surface area contributed by atoms with Crippen molar-refractivity contribution in [2.24, 2.45) is 16.6 Å². The summed E-state index contributed by atoms with van der Waals surface area (Å²) in [7, 11) is 1.77. The molecule has 8 heteroatoms. The van der Waals surface area contributed by atoms with E-state index in [4.69, 9.17) is 20.7 Å². The van der Waals surface area contributed by atoms with E-state index < -0.39 is 0 Å². The smallest absolute Gasteiger partial charge is 0.258 e. The number of hydrogen-bond donors (Lipinski definition) is 4.